The maximum Gasteiger partial charge on any atom is 0.141 e. The van der Waals surface area contributed by atoms with Crippen molar-refractivity contribution in [2.24, 2.45) is 7.05 Å². The third-order valence-electron chi connectivity index (χ3n) is 2.45. The molecule has 0 amide bonds. The molecule has 16 heavy (non-hydrogen) atoms. The molecule has 2 rings (SSSR count). The second-order valence-corrected chi connectivity index (χ2v) is 3.52. The average molecular weight is 220 g/mol. The molecule has 4 nitrogen and oxygen atoms in total. The van der Waals surface area contributed by atoms with E-state index in [1.807, 2.05) is 24.9 Å². The normalized spacial score (nSPS) is 12.7. The molecule has 0 saturated heterocycles. The van der Waals surface area contributed by atoms with Gasteiger partial charge in [0.1, 0.15) is 17.7 Å². The Morgan fingerprint density at radius 3 is 2.69 bits per heavy atom. The minimum absolute atomic E-state index is 0.124. The predicted octanol–water partition coefficient (Wildman–Crippen LogP) is 1.26. The van der Waals surface area contributed by atoms with E-state index in [9.17, 15) is 4.39 Å². The third kappa shape index (κ3) is 1.94. The molecule has 2 aromatic rings. The molecule has 5 heteroatoms. The average Bonchev–Trinajstić information content (AvgIpc) is 2.69. The summed E-state index contributed by atoms with van der Waals surface area (Å²) >= 11 is 0. The molecule has 0 aliphatic carbocycles. The first kappa shape index (κ1) is 10.8. The minimum Gasteiger partial charge on any atom is -0.336 e. The molecular formula is C11H13FN4. The number of aromatic nitrogens is 3. The molecule has 1 N–H and O–H groups in total. The van der Waals surface area contributed by atoms with Crippen LogP contribution in [0.15, 0.2) is 30.7 Å². The zero-order valence-corrected chi connectivity index (χ0v) is 9.18. The molecule has 1 unspecified atom stereocenters. The van der Waals surface area contributed by atoms with Gasteiger partial charge in [0.15, 0.2) is 0 Å². The van der Waals surface area contributed by atoms with Gasteiger partial charge in [-0.25, -0.2) is 9.37 Å². The number of hydrogen-bond donors (Lipinski definition) is 1. The first-order valence-electron chi connectivity index (χ1n) is 4.98. The second-order valence-electron chi connectivity index (χ2n) is 3.52. The quantitative estimate of drug-likeness (QED) is 0.846. The van der Waals surface area contributed by atoms with Gasteiger partial charge in [0.25, 0.3) is 0 Å². The molecule has 0 saturated carbocycles. The molecule has 0 fully saturated rings. The zero-order valence-electron chi connectivity index (χ0n) is 9.18. The summed E-state index contributed by atoms with van der Waals surface area (Å²) in [6.45, 7) is 0. The van der Waals surface area contributed by atoms with Crippen LogP contribution in [0.1, 0.15) is 17.6 Å². The Bertz CT molecular complexity index is 463. The molecule has 0 aliphatic heterocycles. The fraction of sp³-hybridized carbons (Fsp3) is 0.273. The molecule has 0 radical (unpaired) electrons. The molecule has 0 aliphatic rings. The third-order valence-corrected chi connectivity index (χ3v) is 2.45. The minimum atomic E-state index is -0.335. The number of halogens is 1. The Kier molecular flexibility index (Phi) is 2.96. The summed E-state index contributed by atoms with van der Waals surface area (Å²) in [7, 11) is 3.74. The number of imidazole rings is 1. The second kappa shape index (κ2) is 4.40. The van der Waals surface area contributed by atoms with Crippen molar-refractivity contribution < 1.29 is 4.39 Å². The van der Waals surface area contributed by atoms with Crippen LogP contribution in [0.3, 0.4) is 0 Å². The smallest absolute Gasteiger partial charge is 0.141 e. The maximum atomic E-state index is 12.8. The molecule has 84 valence electrons. The van der Waals surface area contributed by atoms with Crippen molar-refractivity contribution in [1.29, 1.82) is 0 Å². The van der Waals surface area contributed by atoms with Crippen LogP contribution in [0.25, 0.3) is 0 Å². The monoisotopic (exact) mass is 220 g/mol. The van der Waals surface area contributed by atoms with Gasteiger partial charge in [-0.15, -0.1) is 0 Å². The van der Waals surface area contributed by atoms with E-state index >= 15 is 0 Å². The molecule has 2 aromatic heterocycles. The van der Waals surface area contributed by atoms with Crippen LogP contribution in [0.2, 0.25) is 0 Å². The Morgan fingerprint density at radius 1 is 1.38 bits per heavy atom. The van der Waals surface area contributed by atoms with E-state index in [1.165, 1.54) is 12.3 Å². The van der Waals surface area contributed by atoms with Crippen molar-refractivity contribution in [3.05, 3.63) is 48.1 Å². The van der Waals surface area contributed by atoms with Crippen molar-refractivity contribution in [3.8, 4) is 0 Å². The summed E-state index contributed by atoms with van der Waals surface area (Å²) in [6, 6.07) is 2.93. The summed E-state index contributed by atoms with van der Waals surface area (Å²) in [4.78, 5) is 8.31. The Hall–Kier alpha value is -1.75. The van der Waals surface area contributed by atoms with E-state index in [4.69, 9.17) is 0 Å². The zero-order chi connectivity index (χ0) is 11.5. The maximum absolute atomic E-state index is 12.8. The standard InChI is InChI=1S/C11H13FN4/c1-13-10(11-14-5-6-16(11)2)9-4-3-8(12)7-15-9/h3-7,10,13H,1-2H3. The van der Waals surface area contributed by atoms with Crippen molar-refractivity contribution >= 4 is 0 Å². The van der Waals surface area contributed by atoms with Crippen molar-refractivity contribution in [1.82, 2.24) is 19.9 Å². The summed E-state index contributed by atoms with van der Waals surface area (Å²) in [6.07, 6.45) is 4.80. The number of nitrogens with one attached hydrogen (secondary N) is 1. The molecule has 2 heterocycles. The van der Waals surface area contributed by atoms with Crippen LogP contribution >= 0.6 is 0 Å². The van der Waals surface area contributed by atoms with Gasteiger partial charge >= 0.3 is 0 Å². The van der Waals surface area contributed by atoms with Gasteiger partial charge in [-0.05, 0) is 19.2 Å². The lowest BCUT2D eigenvalue weighted by Gasteiger charge is -2.15. The highest BCUT2D eigenvalue weighted by molar-refractivity contribution is 5.18. The fourth-order valence-corrected chi connectivity index (χ4v) is 1.62. The highest BCUT2D eigenvalue weighted by Gasteiger charge is 2.17. The van der Waals surface area contributed by atoms with Crippen molar-refractivity contribution in [3.63, 3.8) is 0 Å². The Balaban J connectivity index is 2.37. The van der Waals surface area contributed by atoms with Crippen LogP contribution < -0.4 is 5.32 Å². The van der Waals surface area contributed by atoms with Crippen molar-refractivity contribution in [2.45, 2.75) is 6.04 Å². The van der Waals surface area contributed by atoms with Gasteiger partial charge in [-0.2, -0.15) is 0 Å². The van der Waals surface area contributed by atoms with Gasteiger partial charge in [-0.1, -0.05) is 0 Å². The summed E-state index contributed by atoms with van der Waals surface area (Å²) in [5, 5.41) is 3.11. The lowest BCUT2D eigenvalue weighted by molar-refractivity contribution is 0.587. The molecule has 0 bridgehead atoms. The largest absolute Gasteiger partial charge is 0.336 e. The first-order valence-corrected chi connectivity index (χ1v) is 4.98. The molecule has 0 spiro atoms. The van der Waals surface area contributed by atoms with Crippen LogP contribution in [0.5, 0.6) is 0 Å². The first-order chi connectivity index (χ1) is 7.72. The number of hydrogen-bond acceptors (Lipinski definition) is 3. The van der Waals surface area contributed by atoms with Crippen LogP contribution in [0, 0.1) is 5.82 Å². The van der Waals surface area contributed by atoms with Gasteiger partial charge in [0.05, 0.1) is 11.9 Å². The van der Waals surface area contributed by atoms with Crippen LogP contribution in [-0.4, -0.2) is 21.6 Å². The van der Waals surface area contributed by atoms with Crippen molar-refractivity contribution in [2.75, 3.05) is 7.05 Å². The van der Waals surface area contributed by atoms with Crippen LogP contribution in [-0.2, 0) is 7.05 Å². The molecule has 1 atom stereocenters. The highest BCUT2D eigenvalue weighted by atomic mass is 19.1. The summed E-state index contributed by atoms with van der Waals surface area (Å²) in [5.41, 5.74) is 0.748. The Morgan fingerprint density at radius 2 is 2.19 bits per heavy atom. The highest BCUT2D eigenvalue weighted by Crippen LogP contribution is 2.17. The fourth-order valence-electron chi connectivity index (χ4n) is 1.62. The molecule has 0 aromatic carbocycles. The van der Waals surface area contributed by atoms with E-state index in [0.29, 0.717) is 0 Å². The van der Waals surface area contributed by atoms with E-state index in [0.717, 1.165) is 11.5 Å². The Labute approximate surface area is 93.2 Å². The van der Waals surface area contributed by atoms with E-state index in [1.54, 1.807) is 12.3 Å². The number of pyridine rings is 1. The lowest BCUT2D eigenvalue weighted by atomic mass is 10.2. The number of nitrogens with zero attached hydrogens (tertiary/aromatic N) is 3. The lowest BCUT2D eigenvalue weighted by Crippen LogP contribution is -2.22. The molecular weight excluding hydrogens is 207 g/mol. The summed E-state index contributed by atoms with van der Waals surface area (Å²) < 4.78 is 14.7. The summed E-state index contributed by atoms with van der Waals surface area (Å²) in [5.74, 6) is 0.514. The van der Waals surface area contributed by atoms with Gasteiger partial charge < -0.3 is 9.88 Å². The van der Waals surface area contributed by atoms with E-state index < -0.39 is 0 Å². The predicted molar refractivity (Wildman–Crippen MR) is 58.3 cm³/mol. The van der Waals surface area contributed by atoms with E-state index in [2.05, 4.69) is 15.3 Å². The van der Waals surface area contributed by atoms with E-state index in [-0.39, 0.29) is 11.9 Å². The SMILES string of the molecule is CNC(c1ccc(F)cn1)c1nccn1C. The number of rotatable bonds is 3. The number of aryl methyl sites for hydroxylation is 1. The topological polar surface area (TPSA) is 42.7 Å². The van der Waals surface area contributed by atoms with Gasteiger partial charge in [0.2, 0.25) is 0 Å². The van der Waals surface area contributed by atoms with Gasteiger partial charge in [-0.3, -0.25) is 4.98 Å². The van der Waals surface area contributed by atoms with Crippen LogP contribution in [0.4, 0.5) is 4.39 Å². The van der Waals surface area contributed by atoms with Gasteiger partial charge in [0, 0.05) is 19.4 Å².